The molecule has 1 amide bonds. The van der Waals surface area contributed by atoms with Crippen LogP contribution in [-0.2, 0) is 15.0 Å². The van der Waals surface area contributed by atoms with E-state index in [1.807, 2.05) is 41.0 Å². The number of rotatable bonds is 10. The van der Waals surface area contributed by atoms with Crippen molar-refractivity contribution in [3.63, 3.8) is 0 Å². The topological polar surface area (TPSA) is 117 Å². The molecule has 11 heteroatoms. The molecule has 0 radical (unpaired) electrons. The second-order valence-corrected chi connectivity index (χ2v) is 11.2. The molecule has 1 heterocycles. The fourth-order valence-corrected chi connectivity index (χ4v) is 4.72. The predicted octanol–water partition coefficient (Wildman–Crippen LogP) is 5.42. The number of benzene rings is 3. The second-order valence-electron chi connectivity index (χ2n) is 10.3. The van der Waals surface area contributed by atoms with E-state index in [0.29, 0.717) is 28.0 Å². The first-order valence-corrected chi connectivity index (χ1v) is 14.1. The highest BCUT2D eigenvalue weighted by atomic mass is 32.2. The molecule has 0 saturated heterocycles. The van der Waals surface area contributed by atoms with Crippen molar-refractivity contribution in [2.24, 2.45) is 5.10 Å². The minimum Gasteiger partial charge on any atom is -0.497 e. The van der Waals surface area contributed by atoms with Crippen molar-refractivity contribution in [2.45, 2.75) is 38.3 Å². The van der Waals surface area contributed by atoms with E-state index >= 15 is 0 Å². The Morgan fingerprint density at radius 1 is 0.952 bits per heavy atom. The number of ether oxygens (including phenoxy) is 3. The van der Waals surface area contributed by atoms with E-state index in [1.165, 1.54) is 37.6 Å². The molecule has 1 aromatic heterocycles. The number of carbonyl (C=O) groups excluding carboxylic acids is 2. The molecular weight excluding hydrogens is 554 g/mol. The van der Waals surface area contributed by atoms with Crippen LogP contribution in [-0.4, -0.2) is 52.8 Å². The smallest absolute Gasteiger partial charge is 0.308 e. The fourth-order valence-electron chi connectivity index (χ4n) is 3.98. The van der Waals surface area contributed by atoms with Gasteiger partial charge in [0.25, 0.3) is 5.91 Å². The molecular formula is C31H33N5O5S. The molecule has 42 heavy (non-hydrogen) atoms. The van der Waals surface area contributed by atoms with Crippen molar-refractivity contribution in [3.8, 4) is 34.3 Å². The third-order valence-corrected chi connectivity index (χ3v) is 7.08. The summed E-state index contributed by atoms with van der Waals surface area (Å²) in [6.07, 6.45) is 1.47. The molecule has 0 unspecified atom stereocenters. The number of hydrogen-bond donors (Lipinski definition) is 1. The largest absolute Gasteiger partial charge is 0.497 e. The molecule has 0 atom stereocenters. The number of thioether (sulfide) groups is 1. The zero-order valence-corrected chi connectivity index (χ0v) is 25.2. The van der Waals surface area contributed by atoms with Crippen molar-refractivity contribution in [1.82, 2.24) is 20.2 Å². The van der Waals surface area contributed by atoms with Gasteiger partial charge in [-0.05, 0) is 59.0 Å². The molecule has 218 valence electrons. The quantitative estimate of drug-likeness (QED) is 0.0860. The second kappa shape index (κ2) is 13.3. The number of hydrogen-bond acceptors (Lipinski definition) is 9. The van der Waals surface area contributed by atoms with Gasteiger partial charge in [0.05, 0.1) is 26.2 Å². The van der Waals surface area contributed by atoms with Crippen molar-refractivity contribution in [3.05, 3.63) is 77.9 Å². The summed E-state index contributed by atoms with van der Waals surface area (Å²) in [5.74, 6) is 1.35. The van der Waals surface area contributed by atoms with Crippen molar-refractivity contribution < 1.29 is 23.8 Å². The Kier molecular flexibility index (Phi) is 9.64. The van der Waals surface area contributed by atoms with Gasteiger partial charge in [-0.1, -0.05) is 56.8 Å². The van der Waals surface area contributed by atoms with Crippen LogP contribution in [0.1, 0.15) is 38.8 Å². The number of nitrogens with zero attached hydrogens (tertiary/aromatic N) is 4. The summed E-state index contributed by atoms with van der Waals surface area (Å²) in [5.41, 5.74) is 6.16. The van der Waals surface area contributed by atoms with Crippen molar-refractivity contribution >= 4 is 29.9 Å². The van der Waals surface area contributed by atoms with Gasteiger partial charge < -0.3 is 14.2 Å². The van der Waals surface area contributed by atoms with Gasteiger partial charge in [0.15, 0.2) is 22.5 Å². The number of carbonyl (C=O) groups is 2. The Hall–Kier alpha value is -4.64. The van der Waals surface area contributed by atoms with Crippen LogP contribution in [0.5, 0.6) is 17.2 Å². The van der Waals surface area contributed by atoms with E-state index in [0.717, 1.165) is 17.0 Å². The highest BCUT2D eigenvalue weighted by Gasteiger charge is 2.19. The lowest BCUT2D eigenvalue weighted by Gasteiger charge is -2.19. The first-order chi connectivity index (χ1) is 20.1. The lowest BCUT2D eigenvalue weighted by molar-refractivity contribution is -0.132. The number of amides is 1. The van der Waals surface area contributed by atoms with Crippen LogP contribution < -0.4 is 19.6 Å². The molecule has 4 aromatic rings. The van der Waals surface area contributed by atoms with Gasteiger partial charge in [0, 0.05) is 18.2 Å². The molecule has 0 spiro atoms. The van der Waals surface area contributed by atoms with Gasteiger partial charge in [0.2, 0.25) is 0 Å². The number of aromatic nitrogens is 3. The molecule has 0 bridgehead atoms. The maximum absolute atomic E-state index is 12.6. The average Bonchev–Trinajstić information content (AvgIpc) is 3.40. The number of methoxy groups -OCH3 is 2. The summed E-state index contributed by atoms with van der Waals surface area (Å²) in [7, 11) is 3.09. The van der Waals surface area contributed by atoms with E-state index in [4.69, 9.17) is 14.2 Å². The number of nitrogens with one attached hydrogen (secondary N) is 1. The van der Waals surface area contributed by atoms with Gasteiger partial charge in [-0.2, -0.15) is 5.10 Å². The van der Waals surface area contributed by atoms with Gasteiger partial charge >= 0.3 is 5.97 Å². The maximum atomic E-state index is 12.6. The average molecular weight is 588 g/mol. The van der Waals surface area contributed by atoms with Gasteiger partial charge in [0.1, 0.15) is 5.75 Å². The molecule has 3 aromatic carbocycles. The third kappa shape index (κ3) is 7.55. The van der Waals surface area contributed by atoms with E-state index in [9.17, 15) is 9.59 Å². The summed E-state index contributed by atoms with van der Waals surface area (Å²) in [6, 6.07) is 20.8. The SMILES string of the molecule is COc1ccc(-n2c(SCC(=O)NN=Cc3ccc(OC(C)=O)c(OC)c3)nnc2-c2ccc(C(C)(C)C)cc2)cc1. The molecule has 0 fully saturated rings. The van der Waals surface area contributed by atoms with Crippen LogP contribution in [0.2, 0.25) is 0 Å². The minimum atomic E-state index is -0.451. The highest BCUT2D eigenvalue weighted by molar-refractivity contribution is 7.99. The zero-order chi connectivity index (χ0) is 30.3. The number of hydrazone groups is 1. The third-order valence-electron chi connectivity index (χ3n) is 6.15. The Morgan fingerprint density at radius 2 is 1.67 bits per heavy atom. The predicted molar refractivity (Wildman–Crippen MR) is 163 cm³/mol. The summed E-state index contributed by atoms with van der Waals surface area (Å²) < 4.78 is 17.6. The van der Waals surface area contributed by atoms with Crippen LogP contribution >= 0.6 is 11.8 Å². The van der Waals surface area contributed by atoms with Crippen LogP contribution in [0.15, 0.2) is 77.0 Å². The summed E-state index contributed by atoms with van der Waals surface area (Å²) >= 11 is 1.25. The summed E-state index contributed by atoms with van der Waals surface area (Å²) in [5, 5.41) is 13.5. The minimum absolute atomic E-state index is 0.0263. The Bertz CT molecular complexity index is 1580. The van der Waals surface area contributed by atoms with Crippen LogP contribution in [0.3, 0.4) is 0 Å². The van der Waals surface area contributed by atoms with E-state index in [1.54, 1.807) is 25.3 Å². The molecule has 0 saturated carbocycles. The molecule has 0 aliphatic heterocycles. The first kappa shape index (κ1) is 30.3. The molecule has 1 N–H and O–H groups in total. The summed E-state index contributed by atoms with van der Waals surface area (Å²) in [4.78, 5) is 23.9. The highest BCUT2D eigenvalue weighted by Crippen LogP contribution is 2.31. The molecule has 0 aliphatic rings. The normalized spacial score (nSPS) is 11.4. The van der Waals surface area contributed by atoms with Crippen LogP contribution in [0.25, 0.3) is 17.1 Å². The van der Waals surface area contributed by atoms with Crippen LogP contribution in [0, 0.1) is 0 Å². The van der Waals surface area contributed by atoms with Crippen molar-refractivity contribution in [1.29, 1.82) is 0 Å². The van der Waals surface area contributed by atoms with E-state index < -0.39 is 5.97 Å². The van der Waals surface area contributed by atoms with E-state index in [2.05, 4.69) is 53.6 Å². The Balaban J connectivity index is 1.50. The Labute approximate surface area is 249 Å². The van der Waals surface area contributed by atoms with Crippen LogP contribution in [0.4, 0.5) is 0 Å². The molecule has 0 aliphatic carbocycles. The zero-order valence-electron chi connectivity index (χ0n) is 24.4. The lowest BCUT2D eigenvalue weighted by Crippen LogP contribution is -2.20. The van der Waals surface area contributed by atoms with Gasteiger partial charge in [-0.15, -0.1) is 10.2 Å². The standard InChI is InChI=1S/C31H33N5O5S/c1-20(37)41-26-16-7-21(17-27(26)40-6)18-32-33-28(38)19-42-30-35-34-29(22-8-10-23(11-9-22)31(2,3)4)36(30)24-12-14-25(39-5)15-13-24/h7-18H,19H2,1-6H3,(H,33,38). The Morgan fingerprint density at radius 3 is 2.29 bits per heavy atom. The lowest BCUT2D eigenvalue weighted by atomic mass is 9.87. The first-order valence-electron chi connectivity index (χ1n) is 13.1. The van der Waals surface area contributed by atoms with Gasteiger partial charge in [-0.25, -0.2) is 5.43 Å². The van der Waals surface area contributed by atoms with Crippen molar-refractivity contribution in [2.75, 3.05) is 20.0 Å². The van der Waals surface area contributed by atoms with Gasteiger partial charge in [-0.3, -0.25) is 14.2 Å². The fraction of sp³-hybridized carbons (Fsp3) is 0.258. The monoisotopic (exact) mass is 587 g/mol. The molecule has 4 rings (SSSR count). The maximum Gasteiger partial charge on any atom is 0.308 e. The molecule has 10 nitrogen and oxygen atoms in total. The summed E-state index contributed by atoms with van der Waals surface area (Å²) in [6.45, 7) is 7.82. The number of esters is 1. The van der Waals surface area contributed by atoms with E-state index in [-0.39, 0.29) is 17.1 Å².